The molecule has 2 heterocycles. The van der Waals surface area contributed by atoms with E-state index in [1.165, 1.54) is 11.3 Å². The highest BCUT2D eigenvalue weighted by Gasteiger charge is 2.08. The molecule has 0 aliphatic rings. The Labute approximate surface area is 122 Å². The second kappa shape index (κ2) is 5.35. The molecule has 0 fully saturated rings. The Hall–Kier alpha value is -2.70. The van der Waals surface area contributed by atoms with Crippen LogP contribution in [-0.4, -0.2) is 30.0 Å². The SMILES string of the molecule is Cc1nn(C)c(C)c1CNc1ccc(-n2cnnn2)cc1. The summed E-state index contributed by atoms with van der Waals surface area (Å²) < 4.78 is 3.53. The van der Waals surface area contributed by atoms with Crippen molar-refractivity contribution in [3.05, 3.63) is 47.5 Å². The van der Waals surface area contributed by atoms with E-state index >= 15 is 0 Å². The molecule has 7 nitrogen and oxygen atoms in total. The van der Waals surface area contributed by atoms with Crippen molar-refractivity contribution in [3.8, 4) is 5.69 Å². The molecule has 21 heavy (non-hydrogen) atoms. The standard InChI is InChI=1S/C14H17N7/c1-10-14(11(2)20(3)17-10)8-15-12-4-6-13(7-5-12)21-9-16-18-19-21/h4-7,9,15H,8H2,1-3H3. The van der Waals surface area contributed by atoms with Crippen LogP contribution < -0.4 is 5.32 Å². The van der Waals surface area contributed by atoms with Crippen LogP contribution in [-0.2, 0) is 13.6 Å². The molecule has 0 amide bonds. The van der Waals surface area contributed by atoms with Gasteiger partial charge in [-0.3, -0.25) is 4.68 Å². The van der Waals surface area contributed by atoms with Gasteiger partial charge in [0.1, 0.15) is 6.33 Å². The first-order chi connectivity index (χ1) is 10.1. The predicted octanol–water partition coefficient (Wildman–Crippen LogP) is 1.62. The minimum absolute atomic E-state index is 0.760. The Bertz CT molecular complexity index is 726. The zero-order chi connectivity index (χ0) is 14.8. The maximum atomic E-state index is 4.42. The van der Waals surface area contributed by atoms with Crippen LogP contribution in [0, 0.1) is 13.8 Å². The smallest absolute Gasteiger partial charge is 0.143 e. The van der Waals surface area contributed by atoms with Crippen LogP contribution in [0.4, 0.5) is 5.69 Å². The number of tetrazole rings is 1. The molecule has 0 saturated heterocycles. The van der Waals surface area contributed by atoms with Gasteiger partial charge in [0, 0.05) is 30.5 Å². The fourth-order valence-corrected chi connectivity index (χ4v) is 2.28. The Morgan fingerprint density at radius 2 is 1.90 bits per heavy atom. The van der Waals surface area contributed by atoms with Gasteiger partial charge in [-0.25, -0.2) is 4.68 Å². The quantitative estimate of drug-likeness (QED) is 0.787. The third-order valence-electron chi connectivity index (χ3n) is 3.61. The molecule has 0 unspecified atom stereocenters. The molecule has 0 bridgehead atoms. The van der Waals surface area contributed by atoms with Gasteiger partial charge in [0.25, 0.3) is 0 Å². The first kappa shape index (κ1) is 13.3. The van der Waals surface area contributed by atoms with Gasteiger partial charge in [0.2, 0.25) is 0 Å². The highest BCUT2D eigenvalue weighted by molar-refractivity contribution is 5.49. The predicted molar refractivity (Wildman–Crippen MR) is 79.2 cm³/mol. The van der Waals surface area contributed by atoms with E-state index in [1.54, 1.807) is 11.0 Å². The maximum Gasteiger partial charge on any atom is 0.143 e. The molecule has 108 valence electrons. The van der Waals surface area contributed by atoms with Gasteiger partial charge in [0.05, 0.1) is 11.4 Å². The van der Waals surface area contributed by atoms with E-state index in [-0.39, 0.29) is 0 Å². The van der Waals surface area contributed by atoms with Crippen LogP contribution in [0.1, 0.15) is 17.0 Å². The highest BCUT2D eigenvalue weighted by Crippen LogP contribution is 2.16. The van der Waals surface area contributed by atoms with Crippen molar-refractivity contribution in [1.29, 1.82) is 0 Å². The van der Waals surface area contributed by atoms with Crippen LogP contribution in [0.25, 0.3) is 5.69 Å². The number of anilines is 1. The van der Waals surface area contributed by atoms with Crippen molar-refractivity contribution in [2.45, 2.75) is 20.4 Å². The van der Waals surface area contributed by atoms with E-state index in [2.05, 4.69) is 32.9 Å². The topological polar surface area (TPSA) is 73.5 Å². The fraction of sp³-hybridized carbons (Fsp3) is 0.286. The zero-order valence-electron chi connectivity index (χ0n) is 12.3. The van der Waals surface area contributed by atoms with Crippen molar-refractivity contribution >= 4 is 5.69 Å². The Morgan fingerprint density at radius 3 is 2.48 bits per heavy atom. The molecule has 2 aromatic heterocycles. The molecule has 0 aliphatic heterocycles. The summed E-state index contributed by atoms with van der Waals surface area (Å²) in [5.74, 6) is 0. The zero-order valence-corrected chi connectivity index (χ0v) is 12.3. The van der Waals surface area contributed by atoms with Gasteiger partial charge in [0.15, 0.2) is 0 Å². The van der Waals surface area contributed by atoms with Gasteiger partial charge >= 0.3 is 0 Å². The average molecular weight is 283 g/mol. The molecule has 1 aromatic carbocycles. The summed E-state index contributed by atoms with van der Waals surface area (Å²) in [5, 5.41) is 18.9. The third-order valence-corrected chi connectivity index (χ3v) is 3.61. The summed E-state index contributed by atoms with van der Waals surface area (Å²) in [4.78, 5) is 0. The van der Waals surface area contributed by atoms with Gasteiger partial charge in [-0.05, 0) is 48.5 Å². The molecule has 1 N–H and O–H groups in total. The molecule has 0 spiro atoms. The molecular weight excluding hydrogens is 266 g/mol. The summed E-state index contributed by atoms with van der Waals surface area (Å²) >= 11 is 0. The van der Waals surface area contributed by atoms with Gasteiger partial charge in [-0.2, -0.15) is 5.10 Å². The lowest BCUT2D eigenvalue weighted by atomic mass is 10.2. The molecule has 3 aromatic rings. The molecular formula is C14H17N7. The van der Waals surface area contributed by atoms with Crippen molar-refractivity contribution < 1.29 is 0 Å². The number of hydrogen-bond acceptors (Lipinski definition) is 5. The fourth-order valence-electron chi connectivity index (χ4n) is 2.28. The summed E-state index contributed by atoms with van der Waals surface area (Å²) in [6, 6.07) is 7.97. The van der Waals surface area contributed by atoms with Crippen molar-refractivity contribution in [2.75, 3.05) is 5.32 Å². The van der Waals surface area contributed by atoms with Crippen LogP contribution in [0.5, 0.6) is 0 Å². The largest absolute Gasteiger partial charge is 0.381 e. The highest BCUT2D eigenvalue weighted by atomic mass is 15.5. The number of aryl methyl sites for hydroxylation is 2. The normalized spacial score (nSPS) is 10.8. The average Bonchev–Trinajstić information content (AvgIpc) is 3.09. The van der Waals surface area contributed by atoms with Crippen molar-refractivity contribution in [1.82, 2.24) is 30.0 Å². The van der Waals surface area contributed by atoms with Crippen LogP contribution >= 0.6 is 0 Å². The van der Waals surface area contributed by atoms with E-state index < -0.39 is 0 Å². The Morgan fingerprint density at radius 1 is 1.14 bits per heavy atom. The number of aromatic nitrogens is 6. The molecule has 3 rings (SSSR count). The van der Waals surface area contributed by atoms with Crippen molar-refractivity contribution in [2.24, 2.45) is 7.05 Å². The van der Waals surface area contributed by atoms with Crippen molar-refractivity contribution in [3.63, 3.8) is 0 Å². The monoisotopic (exact) mass is 283 g/mol. The van der Waals surface area contributed by atoms with Gasteiger partial charge < -0.3 is 5.32 Å². The lowest BCUT2D eigenvalue weighted by Crippen LogP contribution is -2.03. The lowest BCUT2D eigenvalue weighted by Gasteiger charge is -2.08. The van der Waals surface area contributed by atoms with Gasteiger partial charge in [-0.15, -0.1) is 5.10 Å². The summed E-state index contributed by atoms with van der Waals surface area (Å²) in [6.07, 6.45) is 1.57. The summed E-state index contributed by atoms with van der Waals surface area (Å²) in [7, 11) is 1.97. The van der Waals surface area contributed by atoms with Crippen LogP contribution in [0.3, 0.4) is 0 Å². The molecule has 7 heteroatoms. The van der Waals surface area contributed by atoms with E-state index in [9.17, 15) is 0 Å². The van der Waals surface area contributed by atoms with E-state index in [0.29, 0.717) is 0 Å². The maximum absolute atomic E-state index is 4.42. The van der Waals surface area contributed by atoms with E-state index in [1.807, 2.05) is 42.9 Å². The van der Waals surface area contributed by atoms with E-state index in [4.69, 9.17) is 0 Å². The lowest BCUT2D eigenvalue weighted by molar-refractivity contribution is 0.730. The Kier molecular flexibility index (Phi) is 3.39. The molecule has 0 radical (unpaired) electrons. The second-order valence-electron chi connectivity index (χ2n) is 4.93. The number of rotatable bonds is 4. The number of nitrogens with zero attached hydrogens (tertiary/aromatic N) is 6. The minimum atomic E-state index is 0.760. The third kappa shape index (κ3) is 2.62. The number of benzene rings is 1. The van der Waals surface area contributed by atoms with Crippen LogP contribution in [0.2, 0.25) is 0 Å². The van der Waals surface area contributed by atoms with E-state index in [0.717, 1.165) is 23.6 Å². The first-order valence-corrected chi connectivity index (χ1v) is 6.71. The van der Waals surface area contributed by atoms with Gasteiger partial charge in [-0.1, -0.05) is 0 Å². The first-order valence-electron chi connectivity index (χ1n) is 6.71. The number of hydrogen-bond donors (Lipinski definition) is 1. The molecule has 0 aliphatic carbocycles. The minimum Gasteiger partial charge on any atom is -0.381 e. The second-order valence-corrected chi connectivity index (χ2v) is 4.93. The summed E-state index contributed by atoms with van der Waals surface area (Å²) in [5.41, 5.74) is 5.47. The molecule has 0 saturated carbocycles. The Balaban J connectivity index is 1.71. The van der Waals surface area contributed by atoms with Crippen LogP contribution in [0.15, 0.2) is 30.6 Å². The molecule has 0 atom stereocenters. The summed E-state index contributed by atoms with van der Waals surface area (Å²) in [6.45, 7) is 4.87. The number of nitrogens with one attached hydrogen (secondary N) is 1.